The average molecular weight is 265 g/mol. The van der Waals surface area contributed by atoms with Crippen LogP contribution in [0.1, 0.15) is 0 Å². The number of hydrogen-bond donors (Lipinski definition) is 2. The first-order valence-electron chi connectivity index (χ1n) is 5.05. The monoisotopic (exact) mass is 264 g/mol. The predicted octanol–water partition coefficient (Wildman–Crippen LogP) is 2.56. The van der Waals surface area contributed by atoms with E-state index >= 15 is 0 Å². The number of nitrogens with zero attached hydrogens (tertiary/aromatic N) is 2. The zero-order valence-electron chi connectivity index (χ0n) is 8.72. The van der Waals surface area contributed by atoms with E-state index in [1.54, 1.807) is 6.20 Å². The summed E-state index contributed by atoms with van der Waals surface area (Å²) >= 11 is 7.54. The molecule has 0 radical (unpaired) electrons. The lowest BCUT2D eigenvalue weighted by atomic mass is 10.2. The highest BCUT2D eigenvalue weighted by atomic mass is 35.5. The molecular formula is C11H9ClN4S. The lowest BCUT2D eigenvalue weighted by molar-refractivity contribution is 1.08. The maximum absolute atomic E-state index is 6.04. The van der Waals surface area contributed by atoms with E-state index < -0.39 is 0 Å². The van der Waals surface area contributed by atoms with Gasteiger partial charge in [-0.15, -0.1) is 0 Å². The van der Waals surface area contributed by atoms with Gasteiger partial charge in [-0.1, -0.05) is 23.4 Å². The van der Waals surface area contributed by atoms with Crippen molar-refractivity contribution in [1.82, 2.24) is 9.97 Å². The molecule has 0 fully saturated rings. The van der Waals surface area contributed by atoms with Gasteiger partial charge in [0.15, 0.2) is 0 Å². The van der Waals surface area contributed by atoms with Gasteiger partial charge in [-0.25, -0.2) is 9.97 Å². The predicted molar refractivity (Wildman–Crippen MR) is 69.9 cm³/mol. The van der Waals surface area contributed by atoms with E-state index in [0.29, 0.717) is 5.15 Å². The summed E-state index contributed by atoms with van der Waals surface area (Å²) < 4.78 is 0. The molecule has 0 saturated heterocycles. The smallest absolute Gasteiger partial charge is 0.138 e. The molecule has 1 unspecified atom stereocenters. The summed E-state index contributed by atoms with van der Waals surface area (Å²) in [6.45, 7) is 0. The molecule has 1 atom stereocenters. The highest BCUT2D eigenvalue weighted by molar-refractivity contribution is 8.00. The Morgan fingerprint density at radius 3 is 3.06 bits per heavy atom. The molecule has 17 heavy (non-hydrogen) atoms. The second-order valence-corrected chi connectivity index (χ2v) is 5.06. The summed E-state index contributed by atoms with van der Waals surface area (Å²) in [6, 6.07) is 7.61. The SMILES string of the molecule is NC1Nc2ccc(-c3cccnc3Cl)nc2S1. The van der Waals surface area contributed by atoms with Crippen molar-refractivity contribution in [1.29, 1.82) is 0 Å². The van der Waals surface area contributed by atoms with E-state index in [9.17, 15) is 0 Å². The molecule has 0 spiro atoms. The van der Waals surface area contributed by atoms with Crippen molar-refractivity contribution >= 4 is 29.1 Å². The molecule has 6 heteroatoms. The molecule has 0 amide bonds. The Hall–Kier alpha value is -1.30. The fourth-order valence-corrected chi connectivity index (χ4v) is 2.72. The fourth-order valence-electron chi connectivity index (χ4n) is 1.67. The molecule has 86 valence electrons. The van der Waals surface area contributed by atoms with Gasteiger partial charge in [-0.2, -0.15) is 0 Å². The number of rotatable bonds is 1. The Bertz CT molecular complexity index is 575. The van der Waals surface area contributed by atoms with Crippen LogP contribution in [0, 0.1) is 0 Å². The summed E-state index contributed by atoms with van der Waals surface area (Å²) in [5.41, 5.74) is 8.26. The second-order valence-electron chi connectivity index (χ2n) is 3.57. The van der Waals surface area contributed by atoms with Crippen LogP contribution in [0.3, 0.4) is 0 Å². The first-order valence-corrected chi connectivity index (χ1v) is 6.30. The standard InChI is InChI=1S/C11H9ClN4S/c12-9-6(2-1-5-14-9)7-3-4-8-10(15-7)17-11(13)16-8/h1-5,11,16H,13H2. The number of nitrogens with one attached hydrogen (secondary N) is 1. The van der Waals surface area contributed by atoms with Crippen molar-refractivity contribution < 1.29 is 0 Å². The molecule has 3 rings (SSSR count). The average Bonchev–Trinajstić information content (AvgIpc) is 2.68. The molecule has 3 N–H and O–H groups in total. The summed E-state index contributed by atoms with van der Waals surface area (Å²) in [6.07, 6.45) is 1.66. The number of thioether (sulfide) groups is 1. The van der Waals surface area contributed by atoms with E-state index in [1.165, 1.54) is 11.8 Å². The molecule has 4 nitrogen and oxygen atoms in total. The van der Waals surface area contributed by atoms with Crippen molar-refractivity contribution in [2.24, 2.45) is 5.73 Å². The molecule has 0 aliphatic carbocycles. The Labute approximate surface area is 108 Å². The molecule has 1 aliphatic rings. The van der Waals surface area contributed by atoms with Gasteiger partial charge in [-0.3, -0.25) is 0 Å². The number of nitrogens with two attached hydrogens (primary N) is 1. The van der Waals surface area contributed by atoms with Gasteiger partial charge < -0.3 is 11.1 Å². The van der Waals surface area contributed by atoms with Crippen LogP contribution in [0.2, 0.25) is 5.15 Å². The first kappa shape index (κ1) is 10.8. The first-order chi connectivity index (χ1) is 8.24. The van der Waals surface area contributed by atoms with Crippen molar-refractivity contribution in [2.45, 2.75) is 10.5 Å². The van der Waals surface area contributed by atoms with Crippen LogP contribution >= 0.6 is 23.4 Å². The number of aromatic nitrogens is 2. The topological polar surface area (TPSA) is 63.8 Å². The van der Waals surface area contributed by atoms with E-state index in [-0.39, 0.29) is 5.50 Å². The van der Waals surface area contributed by atoms with Crippen LogP contribution in [0.25, 0.3) is 11.3 Å². The number of pyridine rings is 2. The van der Waals surface area contributed by atoms with E-state index in [1.807, 2.05) is 24.3 Å². The molecule has 3 heterocycles. The Kier molecular flexibility index (Phi) is 2.66. The maximum Gasteiger partial charge on any atom is 0.138 e. The lowest BCUT2D eigenvalue weighted by Gasteiger charge is -2.04. The minimum absolute atomic E-state index is 0.128. The highest BCUT2D eigenvalue weighted by Crippen LogP contribution is 2.36. The minimum atomic E-state index is -0.128. The highest BCUT2D eigenvalue weighted by Gasteiger charge is 2.20. The van der Waals surface area contributed by atoms with Gasteiger partial charge in [0.05, 0.1) is 11.4 Å². The van der Waals surface area contributed by atoms with Gasteiger partial charge in [-0.05, 0) is 24.3 Å². The third kappa shape index (κ3) is 1.97. The summed E-state index contributed by atoms with van der Waals surface area (Å²) in [4.78, 5) is 8.57. The Balaban J connectivity index is 2.07. The number of halogens is 1. The number of anilines is 1. The Morgan fingerprint density at radius 1 is 1.35 bits per heavy atom. The van der Waals surface area contributed by atoms with Crippen LogP contribution in [0.15, 0.2) is 35.5 Å². The van der Waals surface area contributed by atoms with Crippen molar-refractivity contribution in [2.75, 3.05) is 5.32 Å². The lowest BCUT2D eigenvalue weighted by Crippen LogP contribution is -2.20. The van der Waals surface area contributed by atoms with Gasteiger partial charge >= 0.3 is 0 Å². The van der Waals surface area contributed by atoms with E-state index in [4.69, 9.17) is 17.3 Å². The quantitative estimate of drug-likeness (QED) is 0.775. The van der Waals surface area contributed by atoms with Gasteiger partial charge in [0.1, 0.15) is 15.7 Å². The Morgan fingerprint density at radius 2 is 2.24 bits per heavy atom. The summed E-state index contributed by atoms with van der Waals surface area (Å²) in [5.74, 6) is 0. The van der Waals surface area contributed by atoms with Gasteiger partial charge in [0, 0.05) is 11.8 Å². The third-order valence-corrected chi connectivity index (χ3v) is 3.64. The molecular weight excluding hydrogens is 256 g/mol. The fraction of sp³-hybridized carbons (Fsp3) is 0.0909. The molecule has 1 aliphatic heterocycles. The van der Waals surface area contributed by atoms with E-state index in [0.717, 1.165) is 22.0 Å². The molecule has 0 saturated carbocycles. The van der Waals surface area contributed by atoms with Crippen molar-refractivity contribution in [3.05, 3.63) is 35.6 Å². The van der Waals surface area contributed by atoms with Crippen LogP contribution < -0.4 is 11.1 Å². The molecule has 0 aromatic carbocycles. The van der Waals surface area contributed by atoms with Gasteiger partial charge in [0.25, 0.3) is 0 Å². The van der Waals surface area contributed by atoms with Crippen molar-refractivity contribution in [3.8, 4) is 11.3 Å². The zero-order chi connectivity index (χ0) is 11.8. The molecule has 2 aromatic rings. The summed E-state index contributed by atoms with van der Waals surface area (Å²) in [7, 11) is 0. The zero-order valence-corrected chi connectivity index (χ0v) is 10.3. The third-order valence-electron chi connectivity index (χ3n) is 2.43. The largest absolute Gasteiger partial charge is 0.359 e. The van der Waals surface area contributed by atoms with Crippen molar-refractivity contribution in [3.63, 3.8) is 0 Å². The van der Waals surface area contributed by atoms with Crippen LogP contribution in [0.4, 0.5) is 5.69 Å². The van der Waals surface area contributed by atoms with Gasteiger partial charge in [0.2, 0.25) is 0 Å². The number of hydrogen-bond acceptors (Lipinski definition) is 5. The molecule has 0 bridgehead atoms. The maximum atomic E-state index is 6.04. The summed E-state index contributed by atoms with van der Waals surface area (Å²) in [5, 5.41) is 4.48. The molecule has 2 aromatic heterocycles. The second kappa shape index (κ2) is 4.18. The minimum Gasteiger partial charge on any atom is -0.359 e. The van der Waals surface area contributed by atoms with Crippen LogP contribution in [-0.4, -0.2) is 15.5 Å². The van der Waals surface area contributed by atoms with Crippen LogP contribution in [-0.2, 0) is 0 Å². The normalized spacial score (nSPS) is 17.6. The van der Waals surface area contributed by atoms with Crippen LogP contribution in [0.5, 0.6) is 0 Å². The van der Waals surface area contributed by atoms with E-state index in [2.05, 4.69) is 15.3 Å². The number of fused-ring (bicyclic) bond motifs is 1.